The summed E-state index contributed by atoms with van der Waals surface area (Å²) < 4.78 is 56.0. The average Bonchev–Trinajstić information content (AvgIpc) is 1.99. The summed E-state index contributed by atoms with van der Waals surface area (Å²) in [5.74, 6) is 0. The molecule has 0 aliphatic heterocycles. The molecule has 0 spiro atoms. The molecular weight excluding hydrogens is 299 g/mol. The minimum absolute atomic E-state index is 0. The Morgan fingerprint density at radius 2 is 1.56 bits per heavy atom. The smallest absolute Gasteiger partial charge is 0.302 e. The van der Waals surface area contributed by atoms with Gasteiger partial charge in [0.1, 0.15) is 4.90 Å². The third kappa shape index (κ3) is 3.87. The van der Waals surface area contributed by atoms with Gasteiger partial charge in [0.15, 0.2) is 11.1 Å². The molecule has 0 bridgehead atoms. The maximum Gasteiger partial charge on any atom is 0.416 e. The zero-order valence-electron chi connectivity index (χ0n) is 7.81. The van der Waals surface area contributed by atoms with Gasteiger partial charge in [-0.2, -0.15) is 13.2 Å². The maximum atomic E-state index is 12.2. The van der Waals surface area contributed by atoms with Crippen molar-refractivity contribution < 1.29 is 21.9 Å². The Balaban J connectivity index is 0.00000225. The van der Waals surface area contributed by atoms with E-state index < -0.39 is 37.8 Å². The van der Waals surface area contributed by atoms with Crippen LogP contribution in [0, 0.1) is 0 Å². The van der Waals surface area contributed by atoms with Gasteiger partial charge in [0.05, 0.1) is 15.6 Å². The number of hydrogen-bond donors (Lipinski definition) is 1. The summed E-state index contributed by atoms with van der Waals surface area (Å²) in [5, 5.41) is -0.980. The number of rotatable bonds is 1. The first-order chi connectivity index (χ1) is 6.73. The molecule has 0 saturated heterocycles. The van der Waals surface area contributed by atoms with E-state index >= 15 is 0 Å². The fourth-order valence-corrected chi connectivity index (χ4v) is 2.22. The summed E-state index contributed by atoms with van der Waals surface area (Å²) in [7, 11) is 0. The molecule has 1 aromatic carbocycles. The fourth-order valence-electron chi connectivity index (χ4n) is 0.890. The van der Waals surface area contributed by atoms with Gasteiger partial charge in [-0.15, -0.1) is 0 Å². The molecule has 2 nitrogen and oxygen atoms in total. The Kier molecular flexibility index (Phi) is 6.30. The van der Waals surface area contributed by atoms with E-state index in [2.05, 4.69) is 0 Å². The van der Waals surface area contributed by atoms with E-state index in [9.17, 15) is 17.4 Å². The Bertz CT molecular complexity index is 402. The van der Waals surface area contributed by atoms with Crippen LogP contribution in [0.3, 0.4) is 0 Å². The van der Waals surface area contributed by atoms with Gasteiger partial charge >= 0.3 is 6.18 Å². The van der Waals surface area contributed by atoms with Gasteiger partial charge in [0.25, 0.3) is 0 Å². The van der Waals surface area contributed by atoms with Gasteiger partial charge in [-0.1, -0.05) is 23.2 Å². The second kappa shape index (κ2) is 6.04. The molecule has 85 valence electrons. The van der Waals surface area contributed by atoms with Crippen LogP contribution in [0.15, 0.2) is 17.0 Å². The fraction of sp³-hybridized carbons (Fsp3) is 0.143. The summed E-state index contributed by atoms with van der Waals surface area (Å²) in [4.78, 5) is -0.425. The van der Waals surface area contributed by atoms with Crippen molar-refractivity contribution in [2.75, 3.05) is 0 Å². The van der Waals surface area contributed by atoms with Crippen LogP contribution in [0.25, 0.3) is 0 Å². The minimum Gasteiger partial charge on any atom is -0.302 e. The second-order valence-corrected chi connectivity index (χ2v) is 4.24. The summed E-state index contributed by atoms with van der Waals surface area (Å²) in [5.41, 5.74) is -1.06. The van der Waals surface area contributed by atoms with Gasteiger partial charge in [0.2, 0.25) is 0 Å². The molecule has 0 fully saturated rings. The van der Waals surface area contributed by atoms with E-state index in [1.54, 1.807) is 0 Å². The molecule has 1 aromatic rings. The Morgan fingerprint density at radius 3 is 1.81 bits per heavy atom. The Morgan fingerprint density at radius 1 is 1.19 bits per heavy atom. The molecule has 0 aromatic heterocycles. The van der Waals surface area contributed by atoms with Crippen molar-refractivity contribution in [1.29, 1.82) is 0 Å². The van der Waals surface area contributed by atoms with E-state index in [0.29, 0.717) is 12.1 Å². The van der Waals surface area contributed by atoms with Crippen LogP contribution < -0.4 is 0 Å². The van der Waals surface area contributed by atoms with Crippen molar-refractivity contribution in [2.24, 2.45) is 0 Å². The molecule has 0 aliphatic carbocycles. The molecule has 1 unspecified atom stereocenters. The first-order valence-electron chi connectivity index (χ1n) is 3.40. The zero-order valence-corrected chi connectivity index (χ0v) is 12.1. The van der Waals surface area contributed by atoms with Crippen molar-refractivity contribution in [1.82, 2.24) is 0 Å². The van der Waals surface area contributed by atoms with Gasteiger partial charge in [-0.3, -0.25) is 0 Å². The molecular formula is C7H3Cl2F3NaO2S. The molecule has 0 saturated carbocycles. The summed E-state index contributed by atoms with van der Waals surface area (Å²) in [6.07, 6.45) is -4.59. The molecule has 0 aliphatic rings. The van der Waals surface area contributed by atoms with Crippen molar-refractivity contribution in [2.45, 2.75) is 11.1 Å². The number of hydrogen-bond acceptors (Lipinski definition) is 1. The Hall–Kier alpha value is 0.700. The van der Waals surface area contributed by atoms with Crippen molar-refractivity contribution in [3.8, 4) is 0 Å². The SMILES string of the molecule is O=S(O)c1c(Cl)cc(C(F)(F)F)cc1Cl.[Na]. The molecule has 0 heterocycles. The van der Waals surface area contributed by atoms with Crippen molar-refractivity contribution >= 4 is 63.8 Å². The normalized spacial score (nSPS) is 13.1. The third-order valence-corrected chi connectivity index (χ3v) is 3.11. The van der Waals surface area contributed by atoms with Gasteiger partial charge in [-0.05, 0) is 12.1 Å². The molecule has 1 N–H and O–H groups in total. The van der Waals surface area contributed by atoms with E-state index in [1.165, 1.54) is 0 Å². The van der Waals surface area contributed by atoms with Gasteiger partial charge in [-0.25, -0.2) is 4.21 Å². The summed E-state index contributed by atoms with van der Waals surface area (Å²) >= 11 is 8.28. The van der Waals surface area contributed by atoms with Gasteiger partial charge in [0, 0.05) is 29.6 Å². The quantitative estimate of drug-likeness (QED) is 0.639. The molecule has 9 heteroatoms. The topological polar surface area (TPSA) is 37.3 Å². The van der Waals surface area contributed by atoms with Crippen LogP contribution in [0.4, 0.5) is 13.2 Å². The first-order valence-corrected chi connectivity index (χ1v) is 5.27. The number of benzene rings is 1. The predicted octanol–water partition coefficient (Wildman–Crippen LogP) is 3.21. The van der Waals surface area contributed by atoms with E-state index in [1.807, 2.05) is 0 Å². The first kappa shape index (κ1) is 16.7. The van der Waals surface area contributed by atoms with Crippen LogP contribution in [0.1, 0.15) is 5.56 Å². The molecule has 1 radical (unpaired) electrons. The van der Waals surface area contributed by atoms with Crippen molar-refractivity contribution in [3.63, 3.8) is 0 Å². The largest absolute Gasteiger partial charge is 0.416 e. The Labute approximate surface area is 124 Å². The second-order valence-electron chi connectivity index (χ2n) is 2.52. The molecule has 16 heavy (non-hydrogen) atoms. The van der Waals surface area contributed by atoms with Crippen LogP contribution in [0.5, 0.6) is 0 Å². The van der Waals surface area contributed by atoms with E-state index in [4.69, 9.17) is 27.8 Å². The maximum absolute atomic E-state index is 12.2. The zero-order chi connectivity index (χ0) is 11.8. The van der Waals surface area contributed by atoms with Crippen LogP contribution in [-0.4, -0.2) is 38.3 Å². The molecule has 1 atom stereocenters. The molecule has 0 amide bonds. The monoisotopic (exact) mass is 301 g/mol. The number of halogens is 5. The summed E-state index contributed by atoms with van der Waals surface area (Å²) in [6, 6.07) is 1.10. The standard InChI is InChI=1S/C7H3Cl2F3O2S.Na/c8-4-1-3(7(10,11)12)2-5(9)6(4)15(13)14;/h1-2H,(H,13,14);. The van der Waals surface area contributed by atoms with Gasteiger partial charge < -0.3 is 4.55 Å². The minimum atomic E-state index is -4.59. The third-order valence-electron chi connectivity index (χ3n) is 1.50. The average molecular weight is 302 g/mol. The van der Waals surface area contributed by atoms with Crippen LogP contribution in [0.2, 0.25) is 10.0 Å². The van der Waals surface area contributed by atoms with E-state index in [0.717, 1.165) is 0 Å². The van der Waals surface area contributed by atoms with E-state index in [-0.39, 0.29) is 29.6 Å². The van der Waals surface area contributed by atoms with Crippen LogP contribution >= 0.6 is 23.2 Å². The van der Waals surface area contributed by atoms with Crippen molar-refractivity contribution in [3.05, 3.63) is 27.7 Å². The molecule has 1 rings (SSSR count). The number of alkyl halides is 3. The summed E-state index contributed by atoms with van der Waals surface area (Å²) in [6.45, 7) is 0. The van der Waals surface area contributed by atoms with Crippen LogP contribution in [-0.2, 0) is 17.3 Å². The predicted molar refractivity (Wildman–Crippen MR) is 56.3 cm³/mol.